The van der Waals surface area contributed by atoms with Crippen molar-refractivity contribution < 1.29 is 23.0 Å². The average molecular weight is 269 g/mol. The van der Waals surface area contributed by atoms with Gasteiger partial charge in [-0.1, -0.05) is 31.5 Å². The largest absolute Gasteiger partial charge is 0.573 e. The number of ether oxygens (including phenoxy) is 1. The zero-order valence-electron chi connectivity index (χ0n) is 9.25. The van der Waals surface area contributed by atoms with Crippen LogP contribution < -0.4 is 4.74 Å². The van der Waals surface area contributed by atoms with Crippen molar-refractivity contribution in [1.82, 2.24) is 0 Å². The van der Waals surface area contributed by atoms with Crippen molar-refractivity contribution in [1.29, 1.82) is 0 Å². The third kappa shape index (κ3) is 4.09. The first-order valence-corrected chi connectivity index (χ1v) is 5.32. The van der Waals surface area contributed by atoms with E-state index in [0.717, 1.165) is 6.07 Å². The Morgan fingerprint density at radius 1 is 1.29 bits per heavy atom. The average Bonchev–Trinajstić information content (AvgIpc) is 2.18. The molecule has 6 heteroatoms. The van der Waals surface area contributed by atoms with Crippen molar-refractivity contribution in [2.24, 2.45) is 5.92 Å². The molecule has 0 aliphatic carbocycles. The molecule has 1 unspecified atom stereocenters. The fourth-order valence-electron chi connectivity index (χ4n) is 1.29. The van der Waals surface area contributed by atoms with E-state index in [9.17, 15) is 18.3 Å². The highest BCUT2D eigenvalue weighted by atomic mass is 35.5. The predicted octanol–water partition coefficient (Wildman–Crippen LogP) is 3.93. The Bertz CT molecular complexity index is 391. The Balaban J connectivity index is 2.94. The van der Waals surface area contributed by atoms with Crippen LogP contribution in [0.1, 0.15) is 25.5 Å². The van der Waals surface area contributed by atoms with Crippen LogP contribution in [-0.4, -0.2) is 11.5 Å². The molecule has 1 aromatic carbocycles. The van der Waals surface area contributed by atoms with Gasteiger partial charge < -0.3 is 9.84 Å². The molecule has 2 nitrogen and oxygen atoms in total. The second kappa shape index (κ2) is 5.14. The second-order valence-corrected chi connectivity index (χ2v) is 4.33. The number of alkyl halides is 3. The highest BCUT2D eigenvalue weighted by Gasteiger charge is 2.32. The molecule has 0 bridgehead atoms. The lowest BCUT2D eigenvalue weighted by Gasteiger charge is -2.16. The summed E-state index contributed by atoms with van der Waals surface area (Å²) in [6, 6.07) is 3.72. The van der Waals surface area contributed by atoms with Crippen molar-refractivity contribution in [2.45, 2.75) is 26.3 Å². The van der Waals surface area contributed by atoms with E-state index >= 15 is 0 Å². The number of aliphatic hydroxyl groups excluding tert-OH is 1. The van der Waals surface area contributed by atoms with Crippen LogP contribution in [0, 0.1) is 5.92 Å². The van der Waals surface area contributed by atoms with Crippen LogP contribution in [0.15, 0.2) is 18.2 Å². The van der Waals surface area contributed by atoms with Gasteiger partial charge in [0, 0.05) is 0 Å². The highest BCUT2D eigenvalue weighted by Crippen LogP contribution is 2.33. The molecule has 1 atom stereocenters. The Kier molecular flexibility index (Phi) is 4.27. The Labute approximate surface area is 102 Å². The fourth-order valence-corrected chi connectivity index (χ4v) is 1.52. The molecule has 0 spiro atoms. The van der Waals surface area contributed by atoms with Gasteiger partial charge in [-0.2, -0.15) is 0 Å². The van der Waals surface area contributed by atoms with Crippen molar-refractivity contribution in [3.8, 4) is 5.75 Å². The van der Waals surface area contributed by atoms with Gasteiger partial charge in [-0.3, -0.25) is 0 Å². The van der Waals surface area contributed by atoms with Crippen LogP contribution >= 0.6 is 11.6 Å². The first-order chi connectivity index (χ1) is 7.70. The Hall–Kier alpha value is -0.940. The molecule has 0 aliphatic rings. The zero-order chi connectivity index (χ0) is 13.2. The van der Waals surface area contributed by atoms with Gasteiger partial charge >= 0.3 is 6.36 Å². The summed E-state index contributed by atoms with van der Waals surface area (Å²) in [4.78, 5) is 0. The molecular weight excluding hydrogens is 257 g/mol. The lowest BCUT2D eigenvalue weighted by molar-refractivity contribution is -0.274. The monoisotopic (exact) mass is 268 g/mol. The zero-order valence-corrected chi connectivity index (χ0v) is 10.0. The van der Waals surface area contributed by atoms with E-state index in [1.54, 1.807) is 13.8 Å². The third-order valence-corrected chi connectivity index (χ3v) is 2.45. The highest BCUT2D eigenvalue weighted by molar-refractivity contribution is 6.32. The first kappa shape index (κ1) is 14.1. The van der Waals surface area contributed by atoms with Gasteiger partial charge in [0.25, 0.3) is 0 Å². The minimum absolute atomic E-state index is 0.0551. The van der Waals surface area contributed by atoms with Crippen LogP contribution in [0.5, 0.6) is 5.75 Å². The van der Waals surface area contributed by atoms with E-state index < -0.39 is 18.2 Å². The van der Waals surface area contributed by atoms with Crippen molar-refractivity contribution in [3.63, 3.8) is 0 Å². The van der Waals surface area contributed by atoms with Crippen molar-refractivity contribution >= 4 is 11.6 Å². The lowest BCUT2D eigenvalue weighted by atomic mass is 9.99. The summed E-state index contributed by atoms with van der Waals surface area (Å²) in [7, 11) is 0. The number of hydrogen-bond acceptors (Lipinski definition) is 2. The van der Waals surface area contributed by atoms with Gasteiger partial charge in [0.1, 0.15) is 5.75 Å². The summed E-state index contributed by atoms with van der Waals surface area (Å²) in [6.45, 7) is 3.58. The third-order valence-electron chi connectivity index (χ3n) is 2.15. The molecule has 0 saturated carbocycles. The van der Waals surface area contributed by atoms with Gasteiger partial charge in [-0.15, -0.1) is 13.2 Å². The molecule has 96 valence electrons. The Morgan fingerprint density at radius 3 is 2.29 bits per heavy atom. The van der Waals surface area contributed by atoms with Gasteiger partial charge in [0.2, 0.25) is 0 Å². The van der Waals surface area contributed by atoms with Crippen molar-refractivity contribution in [2.75, 3.05) is 0 Å². The minimum Gasteiger partial charge on any atom is -0.404 e. The predicted molar refractivity (Wildman–Crippen MR) is 57.9 cm³/mol. The Morgan fingerprint density at radius 2 is 1.88 bits per heavy atom. The summed E-state index contributed by atoms with van der Waals surface area (Å²) in [6.07, 6.45) is -5.55. The molecule has 0 aliphatic heterocycles. The molecule has 0 aromatic heterocycles. The van der Waals surface area contributed by atoms with Crippen LogP contribution in [0.25, 0.3) is 0 Å². The van der Waals surface area contributed by atoms with Crippen LogP contribution in [0.2, 0.25) is 5.02 Å². The number of hydrogen-bond donors (Lipinski definition) is 1. The quantitative estimate of drug-likeness (QED) is 0.900. The van der Waals surface area contributed by atoms with Gasteiger partial charge in [-0.25, -0.2) is 0 Å². The summed E-state index contributed by atoms with van der Waals surface area (Å²) >= 11 is 5.65. The van der Waals surface area contributed by atoms with Crippen LogP contribution in [-0.2, 0) is 0 Å². The van der Waals surface area contributed by atoms with Crippen molar-refractivity contribution in [3.05, 3.63) is 28.8 Å². The number of benzene rings is 1. The van der Waals surface area contributed by atoms with Gasteiger partial charge in [0.15, 0.2) is 0 Å². The number of aliphatic hydroxyl groups is 1. The molecular formula is C11H12ClF3O2. The van der Waals surface area contributed by atoms with Gasteiger partial charge in [-0.05, 0) is 23.6 Å². The molecule has 1 rings (SSSR count). The molecule has 0 amide bonds. The van der Waals surface area contributed by atoms with Crippen LogP contribution in [0.3, 0.4) is 0 Å². The normalized spacial score (nSPS) is 13.9. The summed E-state index contributed by atoms with van der Waals surface area (Å²) in [5.74, 6) is -0.528. The molecule has 1 N–H and O–H groups in total. The summed E-state index contributed by atoms with van der Waals surface area (Å²) in [5.41, 5.74) is 0.458. The summed E-state index contributed by atoms with van der Waals surface area (Å²) in [5, 5.41) is 9.54. The molecule has 1 aromatic rings. The molecule has 0 saturated heterocycles. The second-order valence-electron chi connectivity index (χ2n) is 3.93. The van der Waals surface area contributed by atoms with Gasteiger partial charge in [0.05, 0.1) is 11.1 Å². The van der Waals surface area contributed by atoms with E-state index in [4.69, 9.17) is 11.6 Å². The fraction of sp³-hybridized carbons (Fsp3) is 0.455. The standard InChI is InChI=1S/C11H12ClF3O2/c1-6(2)10(16)7-3-4-9(8(12)5-7)17-11(13,14)15/h3-6,10,16H,1-2H3. The molecule has 0 fully saturated rings. The first-order valence-electron chi connectivity index (χ1n) is 4.94. The van der Waals surface area contributed by atoms with E-state index in [1.165, 1.54) is 12.1 Å². The molecule has 17 heavy (non-hydrogen) atoms. The topological polar surface area (TPSA) is 29.5 Å². The van der Waals surface area contributed by atoms with E-state index in [2.05, 4.69) is 4.74 Å². The summed E-state index contributed by atoms with van der Waals surface area (Å²) < 4.78 is 39.6. The number of halogens is 4. The lowest BCUT2D eigenvalue weighted by Crippen LogP contribution is -2.17. The maximum atomic E-state index is 12.0. The maximum absolute atomic E-state index is 12.0. The smallest absolute Gasteiger partial charge is 0.404 e. The SMILES string of the molecule is CC(C)C(O)c1ccc(OC(F)(F)F)c(Cl)c1. The minimum atomic E-state index is -4.78. The van der Waals surface area contributed by atoms with E-state index in [1.807, 2.05) is 0 Å². The van der Waals surface area contributed by atoms with Crippen LogP contribution in [0.4, 0.5) is 13.2 Å². The van der Waals surface area contributed by atoms with E-state index in [-0.39, 0.29) is 10.9 Å². The number of rotatable bonds is 3. The maximum Gasteiger partial charge on any atom is 0.573 e. The molecule has 0 heterocycles. The van der Waals surface area contributed by atoms with E-state index in [0.29, 0.717) is 5.56 Å². The molecule has 0 radical (unpaired) electrons.